The van der Waals surface area contributed by atoms with Crippen molar-refractivity contribution in [2.45, 2.75) is 13.5 Å². The molecule has 0 atom stereocenters. The second-order valence-corrected chi connectivity index (χ2v) is 7.15. The summed E-state index contributed by atoms with van der Waals surface area (Å²) in [5.41, 5.74) is 2.92. The number of nitrogens with zero attached hydrogens (tertiary/aromatic N) is 7. The van der Waals surface area contributed by atoms with Crippen LogP contribution in [0.4, 0.5) is 11.6 Å². The maximum absolute atomic E-state index is 12.1. The van der Waals surface area contributed by atoms with Crippen LogP contribution in [0.2, 0.25) is 0 Å². The van der Waals surface area contributed by atoms with Crippen LogP contribution in [0.15, 0.2) is 43.0 Å². The van der Waals surface area contributed by atoms with Crippen molar-refractivity contribution in [3.8, 4) is 5.82 Å². The first kappa shape index (κ1) is 19.5. The van der Waals surface area contributed by atoms with Gasteiger partial charge in [-0.05, 0) is 33.2 Å². The van der Waals surface area contributed by atoms with E-state index in [-0.39, 0.29) is 5.91 Å². The molecule has 0 saturated carbocycles. The van der Waals surface area contributed by atoms with E-state index in [1.54, 1.807) is 24.0 Å². The lowest BCUT2D eigenvalue weighted by Crippen LogP contribution is -2.18. The van der Waals surface area contributed by atoms with Gasteiger partial charge in [-0.15, -0.1) is 0 Å². The third-order valence-corrected chi connectivity index (χ3v) is 4.53. The van der Waals surface area contributed by atoms with Crippen molar-refractivity contribution in [2.75, 3.05) is 26.5 Å². The molecule has 0 fully saturated rings. The van der Waals surface area contributed by atoms with Gasteiger partial charge in [0.25, 0.3) is 5.91 Å². The number of nitrogens with one attached hydrogen (secondary N) is 2. The van der Waals surface area contributed by atoms with Crippen LogP contribution in [0, 0.1) is 6.92 Å². The first-order valence-electron chi connectivity index (χ1n) is 9.44. The van der Waals surface area contributed by atoms with Gasteiger partial charge in [0.1, 0.15) is 5.82 Å². The average molecular weight is 405 g/mol. The number of aromatic nitrogens is 6. The highest BCUT2D eigenvalue weighted by molar-refractivity contribution is 5.99. The fourth-order valence-electron chi connectivity index (χ4n) is 3.20. The second-order valence-electron chi connectivity index (χ2n) is 7.15. The summed E-state index contributed by atoms with van der Waals surface area (Å²) in [4.78, 5) is 27.4. The summed E-state index contributed by atoms with van der Waals surface area (Å²) >= 11 is 0. The average Bonchev–Trinajstić information content (AvgIpc) is 3.32. The van der Waals surface area contributed by atoms with Crippen LogP contribution in [0.5, 0.6) is 0 Å². The van der Waals surface area contributed by atoms with E-state index < -0.39 is 0 Å². The standard InChI is InChI=1S/C20H23N9O/c1-13-24-18(19(30)21-2)16-9-15(6-8-28(13)16)25-20-22-7-5-17(26-20)29-12-14(10-23-29)11-27(3)4/h5-10,12H,11H2,1-4H3,(H,21,30)(H,22,25,26). The first-order valence-corrected chi connectivity index (χ1v) is 9.44. The number of aryl methyl sites for hydroxylation is 1. The van der Waals surface area contributed by atoms with Crippen LogP contribution in [0.25, 0.3) is 11.3 Å². The number of fused-ring (bicyclic) bond motifs is 1. The van der Waals surface area contributed by atoms with E-state index in [0.29, 0.717) is 23.0 Å². The number of carbonyl (C=O) groups is 1. The highest BCUT2D eigenvalue weighted by Crippen LogP contribution is 2.20. The molecule has 154 valence electrons. The van der Waals surface area contributed by atoms with Crippen LogP contribution in [0.1, 0.15) is 21.9 Å². The molecule has 4 aromatic rings. The molecule has 0 aliphatic rings. The van der Waals surface area contributed by atoms with Gasteiger partial charge in [0.05, 0.1) is 11.7 Å². The van der Waals surface area contributed by atoms with E-state index in [9.17, 15) is 4.79 Å². The Morgan fingerprint density at radius 1 is 1.23 bits per heavy atom. The summed E-state index contributed by atoms with van der Waals surface area (Å²) in [6.07, 6.45) is 7.31. The van der Waals surface area contributed by atoms with Gasteiger partial charge in [0, 0.05) is 49.5 Å². The summed E-state index contributed by atoms with van der Waals surface area (Å²) in [6.45, 7) is 2.66. The molecule has 0 bridgehead atoms. The quantitative estimate of drug-likeness (QED) is 0.504. The summed E-state index contributed by atoms with van der Waals surface area (Å²) < 4.78 is 3.59. The SMILES string of the molecule is CNC(=O)c1nc(C)n2ccc(Nc3nccc(-n4cc(CN(C)C)cn4)n3)cc12. The fourth-order valence-corrected chi connectivity index (χ4v) is 3.20. The van der Waals surface area contributed by atoms with Gasteiger partial charge in [-0.3, -0.25) is 4.79 Å². The number of hydrogen-bond donors (Lipinski definition) is 2. The Balaban J connectivity index is 1.62. The molecule has 0 saturated heterocycles. The molecule has 0 aliphatic heterocycles. The molecule has 1 amide bonds. The molecular weight excluding hydrogens is 382 g/mol. The minimum atomic E-state index is -0.233. The van der Waals surface area contributed by atoms with Crippen molar-refractivity contribution in [1.29, 1.82) is 0 Å². The Labute approximate surface area is 173 Å². The Morgan fingerprint density at radius 2 is 2.07 bits per heavy atom. The molecule has 0 radical (unpaired) electrons. The zero-order chi connectivity index (χ0) is 21.3. The van der Waals surface area contributed by atoms with E-state index in [4.69, 9.17) is 0 Å². The molecular formula is C20H23N9O. The monoisotopic (exact) mass is 405 g/mol. The Hall–Kier alpha value is -3.79. The van der Waals surface area contributed by atoms with Crippen molar-refractivity contribution < 1.29 is 4.79 Å². The maximum atomic E-state index is 12.1. The minimum absolute atomic E-state index is 0.233. The molecule has 0 aliphatic carbocycles. The second kappa shape index (κ2) is 7.91. The van der Waals surface area contributed by atoms with Crippen LogP contribution < -0.4 is 10.6 Å². The molecule has 4 aromatic heterocycles. The van der Waals surface area contributed by atoms with Crippen LogP contribution in [0.3, 0.4) is 0 Å². The van der Waals surface area contributed by atoms with Gasteiger partial charge >= 0.3 is 0 Å². The van der Waals surface area contributed by atoms with Crippen molar-refractivity contribution >= 4 is 23.1 Å². The highest BCUT2D eigenvalue weighted by Gasteiger charge is 2.15. The van der Waals surface area contributed by atoms with Crippen LogP contribution in [-0.4, -0.2) is 61.1 Å². The van der Waals surface area contributed by atoms with Crippen molar-refractivity contribution in [3.05, 3.63) is 60.1 Å². The zero-order valence-electron chi connectivity index (χ0n) is 17.3. The van der Waals surface area contributed by atoms with E-state index in [1.807, 2.05) is 56.1 Å². The molecule has 4 rings (SSSR count). The Kier molecular flexibility index (Phi) is 5.15. The summed E-state index contributed by atoms with van der Waals surface area (Å²) in [7, 11) is 5.61. The number of carbonyl (C=O) groups excluding carboxylic acids is 1. The highest BCUT2D eigenvalue weighted by atomic mass is 16.1. The Morgan fingerprint density at radius 3 is 2.83 bits per heavy atom. The number of rotatable bonds is 6. The van der Waals surface area contributed by atoms with E-state index in [0.717, 1.165) is 23.6 Å². The molecule has 0 unspecified atom stereocenters. The number of pyridine rings is 1. The molecule has 10 heteroatoms. The van der Waals surface area contributed by atoms with Crippen LogP contribution >= 0.6 is 0 Å². The third kappa shape index (κ3) is 3.85. The van der Waals surface area contributed by atoms with E-state index in [1.165, 1.54) is 0 Å². The summed E-state index contributed by atoms with van der Waals surface area (Å²) in [5, 5.41) is 10.2. The lowest BCUT2D eigenvalue weighted by molar-refractivity contribution is 0.0960. The zero-order valence-corrected chi connectivity index (χ0v) is 17.3. The minimum Gasteiger partial charge on any atom is -0.354 e. The third-order valence-electron chi connectivity index (χ3n) is 4.53. The molecule has 30 heavy (non-hydrogen) atoms. The maximum Gasteiger partial charge on any atom is 0.271 e. The van der Waals surface area contributed by atoms with Crippen molar-refractivity contribution in [3.63, 3.8) is 0 Å². The van der Waals surface area contributed by atoms with Gasteiger partial charge in [-0.25, -0.2) is 14.6 Å². The van der Waals surface area contributed by atoms with Gasteiger partial charge in [0.15, 0.2) is 11.5 Å². The molecule has 0 spiro atoms. The van der Waals surface area contributed by atoms with Crippen molar-refractivity contribution in [2.24, 2.45) is 0 Å². The number of imidazole rings is 1. The first-order chi connectivity index (χ1) is 14.4. The van der Waals surface area contributed by atoms with E-state index in [2.05, 4.69) is 35.6 Å². The van der Waals surface area contributed by atoms with Crippen molar-refractivity contribution in [1.82, 2.24) is 39.3 Å². The summed E-state index contributed by atoms with van der Waals surface area (Å²) in [5.74, 6) is 1.59. The van der Waals surface area contributed by atoms with Gasteiger partial charge in [0.2, 0.25) is 5.95 Å². The molecule has 0 aromatic carbocycles. The smallest absolute Gasteiger partial charge is 0.271 e. The number of hydrogen-bond acceptors (Lipinski definition) is 7. The van der Waals surface area contributed by atoms with Crippen LogP contribution in [-0.2, 0) is 6.54 Å². The lowest BCUT2D eigenvalue weighted by atomic mass is 10.3. The van der Waals surface area contributed by atoms with Gasteiger partial charge in [-0.2, -0.15) is 10.1 Å². The topological polar surface area (TPSA) is 105 Å². The Bertz CT molecular complexity index is 1210. The lowest BCUT2D eigenvalue weighted by Gasteiger charge is -2.08. The van der Waals surface area contributed by atoms with Gasteiger partial charge < -0.3 is 19.9 Å². The largest absolute Gasteiger partial charge is 0.354 e. The number of anilines is 2. The molecule has 4 heterocycles. The molecule has 10 nitrogen and oxygen atoms in total. The molecule has 2 N–H and O–H groups in total. The number of amides is 1. The normalized spacial score (nSPS) is 11.2. The van der Waals surface area contributed by atoms with Gasteiger partial charge in [-0.1, -0.05) is 0 Å². The van der Waals surface area contributed by atoms with E-state index >= 15 is 0 Å². The summed E-state index contributed by atoms with van der Waals surface area (Å²) in [6, 6.07) is 5.53. The predicted molar refractivity (Wildman–Crippen MR) is 113 cm³/mol. The fraction of sp³-hybridized carbons (Fsp3) is 0.250. The predicted octanol–water partition coefficient (Wildman–Crippen LogP) is 1.78.